The van der Waals surface area contributed by atoms with Gasteiger partial charge in [0.25, 0.3) is 0 Å². The molecule has 0 radical (unpaired) electrons. The first-order valence-corrected chi connectivity index (χ1v) is 12.5. The largest absolute Gasteiger partial charge is 0.356 e. The minimum absolute atomic E-state index is 0.0244. The van der Waals surface area contributed by atoms with Crippen LogP contribution in [0.25, 0.3) is 0 Å². The van der Waals surface area contributed by atoms with Crippen molar-refractivity contribution in [3.8, 4) is 0 Å². The lowest BCUT2D eigenvalue weighted by molar-refractivity contribution is -0.135. The molecule has 0 unspecified atom stereocenters. The quantitative estimate of drug-likeness (QED) is 0.162. The minimum Gasteiger partial charge on any atom is -0.356 e. The number of carbonyl (C=O) groups excluding carboxylic acids is 3. The molecule has 0 bridgehead atoms. The first-order valence-electron chi connectivity index (χ1n) is 12.5. The molecular weight excluding hydrogens is 418 g/mol. The van der Waals surface area contributed by atoms with Crippen LogP contribution in [-0.2, 0) is 14.4 Å². The van der Waals surface area contributed by atoms with E-state index in [-0.39, 0.29) is 36.7 Å². The predicted octanol–water partition coefficient (Wildman–Crippen LogP) is 2.24. The van der Waals surface area contributed by atoms with E-state index in [9.17, 15) is 14.4 Å². The zero-order valence-corrected chi connectivity index (χ0v) is 20.8. The molecule has 0 saturated carbocycles. The number of nitrogens with two attached hydrogens (primary N) is 2. The fraction of sp³-hybridized carbons (Fsp3) is 0.720. The summed E-state index contributed by atoms with van der Waals surface area (Å²) < 4.78 is 0. The van der Waals surface area contributed by atoms with Crippen LogP contribution in [0.4, 0.5) is 0 Å². The second-order valence-corrected chi connectivity index (χ2v) is 8.09. The van der Waals surface area contributed by atoms with Gasteiger partial charge in [0.1, 0.15) is 0 Å². The van der Waals surface area contributed by atoms with E-state index in [1.54, 1.807) is 4.90 Å². The summed E-state index contributed by atoms with van der Waals surface area (Å²) in [6.07, 6.45) is 14.8. The number of carbonyl (C=O) groups is 3. The Hall–Kier alpha value is -2.19. The molecular formula is C25H47N5O3. The molecule has 0 spiro atoms. The molecule has 0 heterocycles. The lowest BCUT2D eigenvalue weighted by Crippen LogP contribution is -2.44. The topological polar surface area (TPSA) is 131 Å². The molecule has 0 aromatic heterocycles. The predicted molar refractivity (Wildman–Crippen MR) is 135 cm³/mol. The summed E-state index contributed by atoms with van der Waals surface area (Å²) in [4.78, 5) is 38.3. The van der Waals surface area contributed by atoms with Crippen LogP contribution in [-0.4, -0.2) is 61.9 Å². The number of nitrogens with zero attached hydrogens (tertiary/aromatic N) is 1. The van der Waals surface area contributed by atoms with Crippen molar-refractivity contribution in [2.75, 3.05) is 39.3 Å². The maximum Gasteiger partial charge on any atom is 0.228 e. The average Bonchev–Trinajstić information content (AvgIpc) is 2.81. The number of hydrogen-bond acceptors (Lipinski definition) is 5. The van der Waals surface area contributed by atoms with Crippen LogP contribution in [0.15, 0.2) is 24.3 Å². The smallest absolute Gasteiger partial charge is 0.228 e. The van der Waals surface area contributed by atoms with Gasteiger partial charge in [-0.2, -0.15) is 0 Å². The summed E-state index contributed by atoms with van der Waals surface area (Å²) in [7, 11) is 0. The van der Waals surface area contributed by atoms with Crippen molar-refractivity contribution < 1.29 is 14.4 Å². The summed E-state index contributed by atoms with van der Waals surface area (Å²) in [5.41, 5.74) is 11.4. The fourth-order valence-electron chi connectivity index (χ4n) is 3.22. The molecule has 8 nitrogen and oxygen atoms in total. The van der Waals surface area contributed by atoms with Crippen LogP contribution in [0.5, 0.6) is 0 Å². The standard InChI is InChI=1S/C25H47N5O3/c1-3-5-7-9-14-23(31)28-16-11-12-18-30(25(33)22(20-26)21-27)19-13-17-29-24(32)15-10-8-6-4-2/h5-8,22H,3-4,9-21,26-27H2,1-2H3,(H,28,31)(H,29,32). The highest BCUT2D eigenvalue weighted by Gasteiger charge is 2.21. The fourth-order valence-corrected chi connectivity index (χ4v) is 3.22. The van der Waals surface area contributed by atoms with Gasteiger partial charge >= 0.3 is 0 Å². The molecule has 0 aliphatic rings. The van der Waals surface area contributed by atoms with Gasteiger partial charge in [0.05, 0.1) is 5.92 Å². The van der Waals surface area contributed by atoms with Crippen molar-refractivity contribution in [2.24, 2.45) is 17.4 Å². The SMILES string of the molecule is CCC=CCCC(=O)NCCCCN(CCCNC(=O)CCC=CCC)C(=O)C(CN)CN. The van der Waals surface area contributed by atoms with Gasteiger partial charge in [-0.1, -0.05) is 38.2 Å². The van der Waals surface area contributed by atoms with Gasteiger partial charge in [0, 0.05) is 52.1 Å². The average molecular weight is 466 g/mol. The Morgan fingerprint density at radius 2 is 1.24 bits per heavy atom. The van der Waals surface area contributed by atoms with E-state index in [0.29, 0.717) is 45.4 Å². The third kappa shape index (κ3) is 17.0. The summed E-state index contributed by atoms with van der Waals surface area (Å²) in [6, 6.07) is 0. The van der Waals surface area contributed by atoms with Gasteiger partial charge in [0.15, 0.2) is 0 Å². The van der Waals surface area contributed by atoms with Crippen molar-refractivity contribution in [1.29, 1.82) is 0 Å². The van der Waals surface area contributed by atoms with Crippen molar-refractivity contribution in [2.45, 2.75) is 71.6 Å². The van der Waals surface area contributed by atoms with Gasteiger partial charge in [-0.15, -0.1) is 0 Å². The highest BCUT2D eigenvalue weighted by molar-refractivity contribution is 5.79. The Morgan fingerprint density at radius 1 is 0.758 bits per heavy atom. The minimum atomic E-state index is -0.388. The maximum atomic E-state index is 12.8. The van der Waals surface area contributed by atoms with E-state index < -0.39 is 0 Å². The summed E-state index contributed by atoms with van der Waals surface area (Å²) in [6.45, 7) is 6.81. The van der Waals surface area contributed by atoms with E-state index in [2.05, 4.69) is 36.6 Å². The van der Waals surface area contributed by atoms with Gasteiger partial charge in [-0.3, -0.25) is 14.4 Å². The number of nitrogens with one attached hydrogen (secondary N) is 2. The zero-order chi connectivity index (χ0) is 24.7. The second-order valence-electron chi connectivity index (χ2n) is 8.09. The lowest BCUT2D eigenvalue weighted by Gasteiger charge is -2.26. The molecule has 0 saturated heterocycles. The third-order valence-corrected chi connectivity index (χ3v) is 5.21. The molecule has 0 rings (SSSR count). The number of rotatable bonds is 20. The van der Waals surface area contributed by atoms with Crippen molar-refractivity contribution in [3.63, 3.8) is 0 Å². The Kier molecular flexibility index (Phi) is 20.2. The maximum absolute atomic E-state index is 12.8. The van der Waals surface area contributed by atoms with Crippen LogP contribution in [0, 0.1) is 5.92 Å². The highest BCUT2D eigenvalue weighted by atomic mass is 16.2. The van der Waals surface area contributed by atoms with E-state index in [1.165, 1.54) is 0 Å². The molecule has 0 aliphatic carbocycles. The molecule has 0 aliphatic heterocycles. The monoisotopic (exact) mass is 465 g/mol. The Balaban J connectivity index is 4.33. The number of hydrogen-bond donors (Lipinski definition) is 4. The lowest BCUT2D eigenvalue weighted by atomic mass is 10.1. The van der Waals surface area contributed by atoms with Crippen molar-refractivity contribution in [1.82, 2.24) is 15.5 Å². The van der Waals surface area contributed by atoms with Crippen molar-refractivity contribution in [3.05, 3.63) is 24.3 Å². The molecule has 33 heavy (non-hydrogen) atoms. The zero-order valence-electron chi connectivity index (χ0n) is 20.8. The van der Waals surface area contributed by atoms with E-state index >= 15 is 0 Å². The van der Waals surface area contributed by atoms with Gasteiger partial charge < -0.3 is 27.0 Å². The number of unbranched alkanes of at least 4 members (excludes halogenated alkanes) is 1. The molecule has 3 amide bonds. The molecule has 8 heteroatoms. The summed E-state index contributed by atoms with van der Waals surface area (Å²) in [5.74, 6) is -0.351. The third-order valence-electron chi connectivity index (χ3n) is 5.21. The Bertz CT molecular complexity index is 589. The van der Waals surface area contributed by atoms with Crippen LogP contribution in [0.3, 0.4) is 0 Å². The number of amides is 3. The Morgan fingerprint density at radius 3 is 1.73 bits per heavy atom. The summed E-state index contributed by atoms with van der Waals surface area (Å²) >= 11 is 0. The molecule has 6 N–H and O–H groups in total. The van der Waals surface area contributed by atoms with Crippen LogP contribution in [0.1, 0.15) is 71.6 Å². The van der Waals surface area contributed by atoms with E-state index in [0.717, 1.165) is 38.5 Å². The molecule has 0 atom stereocenters. The molecule has 0 fully saturated rings. The van der Waals surface area contributed by atoms with Gasteiger partial charge in [0.2, 0.25) is 17.7 Å². The first kappa shape index (κ1) is 30.8. The highest BCUT2D eigenvalue weighted by Crippen LogP contribution is 2.05. The van der Waals surface area contributed by atoms with E-state index in [4.69, 9.17) is 11.5 Å². The molecule has 190 valence electrons. The summed E-state index contributed by atoms with van der Waals surface area (Å²) in [5, 5.41) is 5.84. The molecule has 0 aromatic carbocycles. The second kappa shape index (κ2) is 21.6. The number of allylic oxidation sites excluding steroid dienone is 4. The normalized spacial score (nSPS) is 11.4. The van der Waals surface area contributed by atoms with Crippen LogP contribution < -0.4 is 22.1 Å². The molecule has 0 aromatic rings. The van der Waals surface area contributed by atoms with E-state index in [1.807, 2.05) is 12.2 Å². The first-order chi connectivity index (χ1) is 16.0. The van der Waals surface area contributed by atoms with Crippen LogP contribution in [0.2, 0.25) is 0 Å². The van der Waals surface area contributed by atoms with Gasteiger partial charge in [-0.05, 0) is 44.9 Å². The van der Waals surface area contributed by atoms with Crippen LogP contribution >= 0.6 is 0 Å². The Labute approximate surface area is 200 Å². The van der Waals surface area contributed by atoms with Gasteiger partial charge in [-0.25, -0.2) is 0 Å². The van der Waals surface area contributed by atoms with Crippen molar-refractivity contribution >= 4 is 17.7 Å².